The summed E-state index contributed by atoms with van der Waals surface area (Å²) in [4.78, 5) is 19.2. The summed E-state index contributed by atoms with van der Waals surface area (Å²) >= 11 is 0. The molecule has 1 N–H and O–H groups in total. The van der Waals surface area contributed by atoms with Crippen LogP contribution in [0.5, 0.6) is 5.75 Å². The third-order valence-electron chi connectivity index (χ3n) is 4.12. The van der Waals surface area contributed by atoms with E-state index in [2.05, 4.69) is 21.3 Å². The van der Waals surface area contributed by atoms with Crippen molar-refractivity contribution >= 4 is 11.7 Å². The molecule has 0 atom stereocenters. The van der Waals surface area contributed by atoms with Crippen molar-refractivity contribution in [3.63, 3.8) is 0 Å². The lowest BCUT2D eigenvalue weighted by atomic mass is 10.1. The molecular weight excluding hydrogens is 302 g/mol. The first kappa shape index (κ1) is 16.3. The van der Waals surface area contributed by atoms with Crippen LogP contribution < -0.4 is 15.0 Å². The van der Waals surface area contributed by atoms with E-state index in [4.69, 9.17) is 4.74 Å². The fourth-order valence-corrected chi connectivity index (χ4v) is 2.90. The number of anilines is 1. The first-order valence-corrected chi connectivity index (χ1v) is 8.48. The predicted molar refractivity (Wildman–Crippen MR) is 94.5 cm³/mol. The number of aromatic nitrogens is 1. The molecule has 0 bridgehead atoms. The zero-order valence-corrected chi connectivity index (χ0v) is 14.0. The van der Waals surface area contributed by atoms with E-state index in [0.29, 0.717) is 24.5 Å². The van der Waals surface area contributed by atoms with Crippen LogP contribution in [0.4, 0.5) is 5.82 Å². The van der Waals surface area contributed by atoms with E-state index in [1.54, 1.807) is 6.07 Å². The number of carbonyl (C=O) groups is 1. The summed E-state index contributed by atoms with van der Waals surface area (Å²) in [5.41, 5.74) is 1.61. The minimum atomic E-state index is -0.126. The van der Waals surface area contributed by atoms with Crippen LogP contribution in [0.15, 0.2) is 42.6 Å². The normalized spacial score (nSPS) is 13.8. The SMILES string of the molecule is CCOc1ccccc1C(=O)NCc1ccnc(N2CCCC2)c1. The van der Waals surface area contributed by atoms with Gasteiger partial charge in [0.2, 0.25) is 0 Å². The Kier molecular flexibility index (Phi) is 5.31. The molecule has 3 rings (SSSR count). The van der Waals surface area contributed by atoms with Gasteiger partial charge >= 0.3 is 0 Å². The highest BCUT2D eigenvalue weighted by Gasteiger charge is 2.14. The minimum absolute atomic E-state index is 0.126. The number of rotatable bonds is 6. The monoisotopic (exact) mass is 325 g/mol. The van der Waals surface area contributed by atoms with Gasteiger partial charge < -0.3 is 15.0 Å². The first-order valence-electron chi connectivity index (χ1n) is 8.48. The van der Waals surface area contributed by atoms with Crippen molar-refractivity contribution in [2.75, 3.05) is 24.6 Å². The Labute approximate surface area is 142 Å². The lowest BCUT2D eigenvalue weighted by molar-refractivity contribution is 0.0947. The lowest BCUT2D eigenvalue weighted by Gasteiger charge is -2.17. The maximum absolute atomic E-state index is 12.4. The zero-order valence-electron chi connectivity index (χ0n) is 14.0. The number of benzene rings is 1. The summed E-state index contributed by atoms with van der Waals surface area (Å²) < 4.78 is 5.52. The Hall–Kier alpha value is -2.56. The van der Waals surface area contributed by atoms with Gasteiger partial charge in [-0.3, -0.25) is 4.79 Å². The summed E-state index contributed by atoms with van der Waals surface area (Å²) in [7, 11) is 0. The van der Waals surface area contributed by atoms with E-state index in [0.717, 1.165) is 24.5 Å². The quantitative estimate of drug-likeness (QED) is 0.887. The van der Waals surface area contributed by atoms with Crippen LogP contribution in [-0.2, 0) is 6.54 Å². The molecule has 1 amide bonds. The summed E-state index contributed by atoms with van der Waals surface area (Å²) in [6.45, 7) is 5.04. The molecule has 0 spiro atoms. The Balaban J connectivity index is 1.65. The maximum Gasteiger partial charge on any atom is 0.255 e. The van der Waals surface area contributed by atoms with Crippen molar-refractivity contribution in [3.8, 4) is 5.75 Å². The number of nitrogens with zero attached hydrogens (tertiary/aromatic N) is 2. The Morgan fingerprint density at radius 3 is 2.83 bits per heavy atom. The number of nitrogens with one attached hydrogen (secondary N) is 1. The van der Waals surface area contributed by atoms with Crippen molar-refractivity contribution in [2.45, 2.75) is 26.3 Å². The molecule has 5 nitrogen and oxygen atoms in total. The molecule has 5 heteroatoms. The largest absolute Gasteiger partial charge is 0.493 e. The number of pyridine rings is 1. The van der Waals surface area contributed by atoms with Crippen molar-refractivity contribution in [2.24, 2.45) is 0 Å². The highest BCUT2D eigenvalue weighted by atomic mass is 16.5. The number of carbonyl (C=O) groups excluding carboxylic acids is 1. The second kappa shape index (κ2) is 7.81. The van der Waals surface area contributed by atoms with E-state index >= 15 is 0 Å². The first-order chi connectivity index (χ1) is 11.8. The van der Waals surface area contributed by atoms with Gasteiger partial charge in [0, 0.05) is 25.8 Å². The number of ether oxygens (including phenoxy) is 1. The fourth-order valence-electron chi connectivity index (χ4n) is 2.90. The molecular formula is C19H23N3O2. The molecule has 1 aromatic carbocycles. The van der Waals surface area contributed by atoms with Crippen LogP contribution in [0, 0.1) is 0 Å². The zero-order chi connectivity index (χ0) is 16.8. The molecule has 2 heterocycles. The fraction of sp³-hybridized carbons (Fsp3) is 0.368. The van der Waals surface area contributed by atoms with Gasteiger partial charge in [0.1, 0.15) is 11.6 Å². The molecule has 1 aromatic heterocycles. The molecule has 0 aliphatic carbocycles. The molecule has 1 saturated heterocycles. The highest BCUT2D eigenvalue weighted by molar-refractivity contribution is 5.96. The van der Waals surface area contributed by atoms with Crippen LogP contribution >= 0.6 is 0 Å². The third-order valence-corrected chi connectivity index (χ3v) is 4.12. The summed E-state index contributed by atoms with van der Waals surface area (Å²) in [5.74, 6) is 1.48. The topological polar surface area (TPSA) is 54.5 Å². The average molecular weight is 325 g/mol. The smallest absolute Gasteiger partial charge is 0.255 e. The summed E-state index contributed by atoms with van der Waals surface area (Å²) in [6, 6.07) is 11.3. The number of hydrogen-bond acceptors (Lipinski definition) is 4. The second-order valence-electron chi connectivity index (χ2n) is 5.83. The molecule has 24 heavy (non-hydrogen) atoms. The molecule has 0 saturated carbocycles. The standard InChI is InChI=1S/C19H23N3O2/c1-2-24-17-8-4-3-7-16(17)19(23)21-14-15-9-10-20-18(13-15)22-11-5-6-12-22/h3-4,7-10,13H,2,5-6,11-12,14H2,1H3,(H,21,23). The van der Waals surface area contributed by atoms with E-state index in [1.165, 1.54) is 12.8 Å². The van der Waals surface area contributed by atoms with Gasteiger partial charge in [-0.25, -0.2) is 4.98 Å². The Morgan fingerprint density at radius 1 is 1.25 bits per heavy atom. The molecule has 1 fully saturated rings. The maximum atomic E-state index is 12.4. The summed E-state index contributed by atoms with van der Waals surface area (Å²) in [5, 5.41) is 2.97. The Bertz CT molecular complexity index is 697. The third kappa shape index (κ3) is 3.85. The van der Waals surface area contributed by atoms with Crippen LogP contribution in [-0.4, -0.2) is 30.6 Å². The van der Waals surface area contributed by atoms with Gasteiger partial charge in [-0.2, -0.15) is 0 Å². The van der Waals surface area contributed by atoms with Crippen LogP contribution in [0.25, 0.3) is 0 Å². The van der Waals surface area contributed by atoms with Crippen LogP contribution in [0.2, 0.25) is 0 Å². The number of hydrogen-bond donors (Lipinski definition) is 1. The minimum Gasteiger partial charge on any atom is -0.493 e. The lowest BCUT2D eigenvalue weighted by Crippen LogP contribution is -2.24. The van der Waals surface area contributed by atoms with Crippen molar-refractivity contribution in [1.82, 2.24) is 10.3 Å². The Morgan fingerprint density at radius 2 is 2.04 bits per heavy atom. The second-order valence-corrected chi connectivity index (χ2v) is 5.83. The van der Waals surface area contributed by atoms with Gasteiger partial charge in [0.15, 0.2) is 0 Å². The molecule has 1 aliphatic heterocycles. The van der Waals surface area contributed by atoms with Crippen LogP contribution in [0.1, 0.15) is 35.7 Å². The molecule has 0 radical (unpaired) electrons. The molecule has 1 aliphatic rings. The summed E-state index contributed by atoms with van der Waals surface area (Å²) in [6.07, 6.45) is 4.25. The number of amides is 1. The van der Waals surface area contributed by atoms with E-state index in [1.807, 2.05) is 37.4 Å². The molecule has 0 unspecified atom stereocenters. The van der Waals surface area contributed by atoms with Gasteiger partial charge in [0.05, 0.1) is 12.2 Å². The van der Waals surface area contributed by atoms with Gasteiger partial charge in [0.25, 0.3) is 5.91 Å². The van der Waals surface area contributed by atoms with E-state index < -0.39 is 0 Å². The predicted octanol–water partition coefficient (Wildman–Crippen LogP) is 3.01. The van der Waals surface area contributed by atoms with Crippen molar-refractivity contribution in [3.05, 3.63) is 53.7 Å². The average Bonchev–Trinajstić information content (AvgIpc) is 3.15. The van der Waals surface area contributed by atoms with Gasteiger partial charge in [-0.1, -0.05) is 12.1 Å². The van der Waals surface area contributed by atoms with E-state index in [9.17, 15) is 4.79 Å². The van der Waals surface area contributed by atoms with Crippen molar-refractivity contribution in [1.29, 1.82) is 0 Å². The van der Waals surface area contributed by atoms with Gasteiger partial charge in [-0.05, 0) is 49.6 Å². The highest BCUT2D eigenvalue weighted by Crippen LogP contribution is 2.20. The van der Waals surface area contributed by atoms with E-state index in [-0.39, 0.29) is 5.91 Å². The molecule has 2 aromatic rings. The van der Waals surface area contributed by atoms with Crippen molar-refractivity contribution < 1.29 is 9.53 Å². The number of para-hydroxylation sites is 1. The molecule has 126 valence electrons. The van der Waals surface area contributed by atoms with Crippen LogP contribution in [0.3, 0.4) is 0 Å². The van der Waals surface area contributed by atoms with Gasteiger partial charge in [-0.15, -0.1) is 0 Å².